The number of aryl methyl sites for hydroxylation is 1. The second-order valence-electron chi connectivity index (χ2n) is 5.77. The number of oxazole rings is 1. The van der Waals surface area contributed by atoms with Crippen molar-refractivity contribution < 1.29 is 14.3 Å². The topological polar surface area (TPSA) is 63.3 Å². The van der Waals surface area contributed by atoms with E-state index >= 15 is 0 Å². The fourth-order valence-electron chi connectivity index (χ4n) is 2.88. The van der Waals surface area contributed by atoms with E-state index in [4.69, 9.17) is 9.52 Å². The average molecular weight is 251 g/mol. The Balaban J connectivity index is 2.35. The van der Waals surface area contributed by atoms with Gasteiger partial charge in [0, 0.05) is 5.92 Å². The van der Waals surface area contributed by atoms with Crippen LogP contribution in [0.15, 0.2) is 4.42 Å². The molecule has 18 heavy (non-hydrogen) atoms. The summed E-state index contributed by atoms with van der Waals surface area (Å²) in [7, 11) is 0. The molecule has 0 radical (unpaired) electrons. The van der Waals surface area contributed by atoms with E-state index in [9.17, 15) is 4.79 Å². The number of aromatic carboxylic acids is 1. The molecule has 0 amide bonds. The largest absolute Gasteiger partial charge is 0.475 e. The Hall–Kier alpha value is -1.32. The molecule has 2 rings (SSSR count). The zero-order valence-corrected chi connectivity index (χ0v) is 11.3. The van der Waals surface area contributed by atoms with Crippen LogP contribution in [-0.4, -0.2) is 16.1 Å². The molecule has 1 aliphatic carbocycles. The Morgan fingerprint density at radius 3 is 2.72 bits per heavy atom. The molecule has 0 aromatic carbocycles. The van der Waals surface area contributed by atoms with E-state index in [0.29, 0.717) is 18.0 Å². The number of carboxylic acid groups (broad SMARTS) is 1. The van der Waals surface area contributed by atoms with Crippen LogP contribution in [0.4, 0.5) is 0 Å². The van der Waals surface area contributed by atoms with Crippen LogP contribution in [0.2, 0.25) is 0 Å². The first kappa shape index (κ1) is 13.1. The van der Waals surface area contributed by atoms with Crippen molar-refractivity contribution in [2.24, 2.45) is 5.41 Å². The summed E-state index contributed by atoms with van der Waals surface area (Å²) in [5.74, 6) is -0.133. The number of nitrogens with zero attached hydrogens (tertiary/aromatic N) is 1. The summed E-state index contributed by atoms with van der Waals surface area (Å²) in [4.78, 5) is 15.5. The van der Waals surface area contributed by atoms with Crippen molar-refractivity contribution >= 4 is 5.97 Å². The predicted molar refractivity (Wildman–Crippen MR) is 67.8 cm³/mol. The summed E-state index contributed by atoms with van der Waals surface area (Å²) in [6.45, 7) is 6.33. The number of carbonyl (C=O) groups is 1. The van der Waals surface area contributed by atoms with Gasteiger partial charge in [-0.3, -0.25) is 0 Å². The Morgan fingerprint density at radius 2 is 2.22 bits per heavy atom. The lowest BCUT2D eigenvalue weighted by atomic mass is 9.69. The van der Waals surface area contributed by atoms with Crippen LogP contribution >= 0.6 is 0 Å². The number of carboxylic acids is 1. The molecule has 1 fully saturated rings. The standard InChI is InChI=1S/C14H21NO3/c1-4-10-11(13(16)17)18-12(15-10)9-7-5-6-8-14(9,2)3/h9H,4-8H2,1-3H3,(H,16,17). The van der Waals surface area contributed by atoms with E-state index in [-0.39, 0.29) is 17.1 Å². The molecule has 1 unspecified atom stereocenters. The van der Waals surface area contributed by atoms with Crippen molar-refractivity contribution in [3.63, 3.8) is 0 Å². The molecular formula is C14H21NO3. The summed E-state index contributed by atoms with van der Waals surface area (Å²) in [5, 5.41) is 9.10. The SMILES string of the molecule is CCc1nc(C2CCCCC2(C)C)oc1C(=O)O. The van der Waals surface area contributed by atoms with Crippen LogP contribution < -0.4 is 0 Å². The van der Waals surface area contributed by atoms with Crippen molar-refractivity contribution in [2.75, 3.05) is 0 Å². The fourth-order valence-corrected chi connectivity index (χ4v) is 2.88. The fraction of sp³-hybridized carbons (Fsp3) is 0.714. The first-order valence-corrected chi connectivity index (χ1v) is 6.68. The minimum atomic E-state index is -1.01. The number of hydrogen-bond acceptors (Lipinski definition) is 3. The third kappa shape index (κ3) is 2.28. The lowest BCUT2D eigenvalue weighted by Crippen LogP contribution is -2.26. The number of hydrogen-bond donors (Lipinski definition) is 1. The van der Waals surface area contributed by atoms with Gasteiger partial charge in [-0.2, -0.15) is 0 Å². The summed E-state index contributed by atoms with van der Waals surface area (Å²) in [5.41, 5.74) is 0.711. The van der Waals surface area contributed by atoms with Gasteiger partial charge in [0.2, 0.25) is 5.76 Å². The van der Waals surface area contributed by atoms with Gasteiger partial charge < -0.3 is 9.52 Å². The van der Waals surface area contributed by atoms with E-state index in [2.05, 4.69) is 18.8 Å². The van der Waals surface area contributed by atoms with Gasteiger partial charge in [-0.15, -0.1) is 0 Å². The van der Waals surface area contributed by atoms with Crippen LogP contribution in [0.1, 0.15) is 74.5 Å². The molecular weight excluding hydrogens is 230 g/mol. The highest BCUT2D eigenvalue weighted by atomic mass is 16.4. The minimum absolute atomic E-state index is 0.0221. The van der Waals surface area contributed by atoms with Crippen LogP contribution in [0.25, 0.3) is 0 Å². The van der Waals surface area contributed by atoms with Crippen LogP contribution in [0.5, 0.6) is 0 Å². The smallest absolute Gasteiger partial charge is 0.373 e. The molecule has 4 heteroatoms. The monoisotopic (exact) mass is 251 g/mol. The Morgan fingerprint density at radius 1 is 1.50 bits per heavy atom. The Labute approximate surface area is 107 Å². The molecule has 1 N–H and O–H groups in total. The molecule has 1 aliphatic rings. The summed E-state index contributed by atoms with van der Waals surface area (Å²) < 4.78 is 5.53. The van der Waals surface area contributed by atoms with E-state index in [1.165, 1.54) is 12.8 Å². The third-order valence-corrected chi connectivity index (χ3v) is 4.05. The summed E-state index contributed by atoms with van der Waals surface area (Å²) >= 11 is 0. The molecule has 0 spiro atoms. The van der Waals surface area contributed by atoms with Crippen molar-refractivity contribution in [1.82, 2.24) is 4.98 Å². The second-order valence-corrected chi connectivity index (χ2v) is 5.77. The van der Waals surface area contributed by atoms with Crippen LogP contribution in [-0.2, 0) is 6.42 Å². The molecule has 4 nitrogen and oxygen atoms in total. The zero-order valence-electron chi connectivity index (χ0n) is 11.3. The highest BCUT2D eigenvalue weighted by Crippen LogP contribution is 2.46. The van der Waals surface area contributed by atoms with Gasteiger partial charge in [0.1, 0.15) is 0 Å². The lowest BCUT2D eigenvalue weighted by molar-refractivity contribution is 0.0653. The van der Waals surface area contributed by atoms with Gasteiger partial charge in [-0.05, 0) is 24.7 Å². The maximum absolute atomic E-state index is 11.1. The molecule has 0 bridgehead atoms. The van der Waals surface area contributed by atoms with Crippen molar-refractivity contribution in [3.8, 4) is 0 Å². The maximum Gasteiger partial charge on any atom is 0.373 e. The van der Waals surface area contributed by atoms with Gasteiger partial charge in [-0.1, -0.05) is 33.6 Å². The van der Waals surface area contributed by atoms with Crippen molar-refractivity contribution in [3.05, 3.63) is 17.3 Å². The second kappa shape index (κ2) is 4.75. The average Bonchev–Trinajstić information content (AvgIpc) is 2.72. The van der Waals surface area contributed by atoms with E-state index in [0.717, 1.165) is 12.8 Å². The lowest BCUT2D eigenvalue weighted by Gasteiger charge is -2.36. The third-order valence-electron chi connectivity index (χ3n) is 4.05. The minimum Gasteiger partial charge on any atom is -0.475 e. The maximum atomic E-state index is 11.1. The first-order chi connectivity index (χ1) is 8.45. The van der Waals surface area contributed by atoms with Crippen molar-refractivity contribution in [2.45, 2.75) is 58.8 Å². The highest BCUT2D eigenvalue weighted by molar-refractivity contribution is 5.85. The van der Waals surface area contributed by atoms with E-state index < -0.39 is 5.97 Å². The van der Waals surface area contributed by atoms with Crippen molar-refractivity contribution in [1.29, 1.82) is 0 Å². The molecule has 1 saturated carbocycles. The molecule has 1 heterocycles. The Bertz CT molecular complexity index is 448. The van der Waals surface area contributed by atoms with Gasteiger partial charge >= 0.3 is 5.97 Å². The zero-order chi connectivity index (χ0) is 13.3. The predicted octanol–water partition coefficient (Wildman–Crippen LogP) is 3.62. The first-order valence-electron chi connectivity index (χ1n) is 6.68. The highest BCUT2D eigenvalue weighted by Gasteiger charge is 2.37. The number of rotatable bonds is 3. The van der Waals surface area contributed by atoms with Gasteiger partial charge in [0.15, 0.2) is 5.89 Å². The van der Waals surface area contributed by atoms with Gasteiger partial charge in [-0.25, -0.2) is 9.78 Å². The number of aromatic nitrogens is 1. The molecule has 0 aliphatic heterocycles. The van der Waals surface area contributed by atoms with Gasteiger partial charge in [0.25, 0.3) is 0 Å². The summed E-state index contributed by atoms with van der Waals surface area (Å²) in [6.07, 6.45) is 5.18. The Kier molecular flexibility index (Phi) is 3.46. The molecule has 1 aromatic heterocycles. The van der Waals surface area contributed by atoms with E-state index in [1.54, 1.807) is 0 Å². The normalized spacial score (nSPS) is 22.9. The van der Waals surface area contributed by atoms with E-state index in [1.807, 2.05) is 6.92 Å². The molecule has 0 saturated heterocycles. The van der Waals surface area contributed by atoms with Crippen LogP contribution in [0.3, 0.4) is 0 Å². The van der Waals surface area contributed by atoms with Gasteiger partial charge in [0.05, 0.1) is 5.69 Å². The quantitative estimate of drug-likeness (QED) is 0.891. The summed E-state index contributed by atoms with van der Waals surface area (Å²) in [6, 6.07) is 0. The molecule has 1 atom stereocenters. The molecule has 1 aromatic rings. The molecule has 100 valence electrons. The van der Waals surface area contributed by atoms with Crippen LogP contribution in [0, 0.1) is 5.41 Å².